The number of hydrogen-bond acceptors (Lipinski definition) is 1. The molecule has 0 aliphatic carbocycles. The molecule has 1 fully saturated rings. The monoisotopic (exact) mass is 254 g/mol. The zero-order valence-corrected chi connectivity index (χ0v) is 13.8. The first kappa shape index (κ1) is 15.0. The molecule has 0 N–H and O–H groups in total. The van der Waals surface area contributed by atoms with Crippen molar-refractivity contribution >= 4 is 8.32 Å². The van der Waals surface area contributed by atoms with Crippen molar-refractivity contribution in [2.45, 2.75) is 83.0 Å². The van der Waals surface area contributed by atoms with Gasteiger partial charge >= 0.3 is 0 Å². The summed E-state index contributed by atoms with van der Waals surface area (Å²) >= 11 is 0. The molecular weight excluding hydrogens is 224 g/mol. The molecule has 100 valence electrons. The van der Waals surface area contributed by atoms with Crippen LogP contribution in [0, 0.1) is 0 Å². The Morgan fingerprint density at radius 2 is 1.65 bits per heavy atom. The van der Waals surface area contributed by atoms with E-state index in [4.69, 9.17) is 4.43 Å². The molecule has 1 saturated heterocycles. The summed E-state index contributed by atoms with van der Waals surface area (Å²) in [7, 11) is -1.79. The van der Waals surface area contributed by atoms with Crippen LogP contribution in [0.15, 0.2) is 12.7 Å². The topological polar surface area (TPSA) is 9.23 Å². The van der Waals surface area contributed by atoms with Gasteiger partial charge in [-0.25, -0.2) is 0 Å². The molecule has 2 heteroatoms. The Morgan fingerprint density at radius 3 is 1.94 bits per heavy atom. The minimum absolute atomic E-state index is 0.292. The molecule has 0 aromatic heterocycles. The van der Waals surface area contributed by atoms with Crippen molar-refractivity contribution in [3.63, 3.8) is 0 Å². The van der Waals surface area contributed by atoms with Crippen LogP contribution in [-0.2, 0) is 4.43 Å². The maximum atomic E-state index is 6.70. The number of rotatable bonds is 2. The van der Waals surface area contributed by atoms with Gasteiger partial charge in [0.25, 0.3) is 0 Å². The third kappa shape index (κ3) is 2.39. The number of hydrogen-bond donors (Lipinski definition) is 0. The van der Waals surface area contributed by atoms with Crippen LogP contribution in [0.4, 0.5) is 0 Å². The molecule has 0 spiro atoms. The van der Waals surface area contributed by atoms with Gasteiger partial charge in [0.1, 0.15) is 0 Å². The molecule has 1 aliphatic rings. The van der Waals surface area contributed by atoms with Gasteiger partial charge in [-0.3, -0.25) is 0 Å². The minimum Gasteiger partial charge on any atom is -0.412 e. The first-order valence-electron chi connectivity index (χ1n) is 6.85. The lowest BCUT2D eigenvalue weighted by Gasteiger charge is -2.50. The molecule has 17 heavy (non-hydrogen) atoms. The molecule has 1 heterocycles. The Hall–Kier alpha value is -0.0831. The van der Waals surface area contributed by atoms with E-state index in [0.717, 1.165) is 12.0 Å². The average molecular weight is 254 g/mol. The van der Waals surface area contributed by atoms with Gasteiger partial charge in [-0.15, -0.1) is 6.58 Å². The average Bonchev–Trinajstić information content (AvgIpc) is 2.41. The van der Waals surface area contributed by atoms with Crippen LogP contribution >= 0.6 is 0 Å². The maximum Gasteiger partial charge on any atom is 0.206 e. The molecule has 0 unspecified atom stereocenters. The highest BCUT2D eigenvalue weighted by Gasteiger charge is 2.62. The third-order valence-electron chi connectivity index (χ3n) is 4.32. The molecule has 1 aliphatic heterocycles. The Labute approximate surface area is 109 Å². The Balaban J connectivity index is 3.14. The fraction of sp³-hybridized carbons (Fsp3) is 0.867. The summed E-state index contributed by atoms with van der Waals surface area (Å²) in [5.41, 5.74) is 0.729. The summed E-state index contributed by atoms with van der Waals surface area (Å²) in [6, 6.07) is 0. The molecule has 1 nitrogen and oxygen atoms in total. The van der Waals surface area contributed by atoms with Gasteiger partial charge in [-0.05, 0) is 28.5 Å². The van der Waals surface area contributed by atoms with Crippen LogP contribution in [0.2, 0.25) is 15.6 Å². The van der Waals surface area contributed by atoms with E-state index in [1.54, 1.807) is 0 Å². The van der Waals surface area contributed by atoms with Gasteiger partial charge in [0.05, 0.1) is 0 Å². The van der Waals surface area contributed by atoms with Gasteiger partial charge in [-0.2, -0.15) is 0 Å². The van der Waals surface area contributed by atoms with Crippen molar-refractivity contribution < 1.29 is 4.43 Å². The lowest BCUT2D eigenvalue weighted by Crippen LogP contribution is -2.54. The molecule has 0 aromatic carbocycles. The highest BCUT2D eigenvalue weighted by Crippen LogP contribution is 2.62. The van der Waals surface area contributed by atoms with E-state index < -0.39 is 8.32 Å². The van der Waals surface area contributed by atoms with Gasteiger partial charge in [0.2, 0.25) is 8.32 Å². The van der Waals surface area contributed by atoms with Gasteiger partial charge in [0.15, 0.2) is 0 Å². The summed E-state index contributed by atoms with van der Waals surface area (Å²) < 4.78 is 6.70. The van der Waals surface area contributed by atoms with Crippen LogP contribution in [0.1, 0.15) is 61.3 Å². The molecule has 1 rings (SSSR count). The fourth-order valence-electron chi connectivity index (χ4n) is 4.27. The SMILES string of the molecule is C=CC[C@@H]1C[C@@H](C)[Si](C(C)(C)C)(C(C)(C)C)O1. The van der Waals surface area contributed by atoms with Crippen LogP contribution in [0.5, 0.6) is 0 Å². The summed E-state index contributed by atoms with van der Waals surface area (Å²) in [4.78, 5) is 0. The van der Waals surface area contributed by atoms with Crippen molar-refractivity contribution in [3.05, 3.63) is 12.7 Å². The summed E-state index contributed by atoms with van der Waals surface area (Å²) in [6.07, 6.45) is 4.64. The molecule has 2 atom stereocenters. The predicted molar refractivity (Wildman–Crippen MR) is 78.9 cm³/mol. The summed E-state index contributed by atoms with van der Waals surface area (Å²) in [5.74, 6) is 0. The second-order valence-electron chi connectivity index (χ2n) is 7.64. The Bertz CT molecular complexity index is 268. The van der Waals surface area contributed by atoms with E-state index >= 15 is 0 Å². The highest BCUT2D eigenvalue weighted by molar-refractivity contribution is 6.81. The normalized spacial score (nSPS) is 29.4. The van der Waals surface area contributed by atoms with E-state index in [1.807, 2.05) is 6.08 Å². The van der Waals surface area contributed by atoms with Crippen molar-refractivity contribution in [3.8, 4) is 0 Å². The minimum atomic E-state index is -1.79. The summed E-state index contributed by atoms with van der Waals surface area (Å²) in [5, 5.41) is 0.584. The summed E-state index contributed by atoms with van der Waals surface area (Å²) in [6.45, 7) is 20.5. The van der Waals surface area contributed by atoms with Crippen molar-refractivity contribution in [2.24, 2.45) is 0 Å². The third-order valence-corrected chi connectivity index (χ3v) is 11.1. The Kier molecular flexibility index (Phi) is 4.00. The Morgan fingerprint density at radius 1 is 1.18 bits per heavy atom. The standard InChI is InChI=1S/C15H30OSi/c1-9-10-13-11-12(2)17(16-13,14(3,4)5)15(6,7)8/h9,12-13H,1,10-11H2,2-8H3/t12-,13-/m1/s1. The van der Waals surface area contributed by atoms with E-state index in [2.05, 4.69) is 55.0 Å². The second-order valence-corrected chi connectivity index (χ2v) is 13.3. The molecule has 0 radical (unpaired) electrons. The van der Waals surface area contributed by atoms with Crippen LogP contribution < -0.4 is 0 Å². The van der Waals surface area contributed by atoms with Gasteiger partial charge in [-0.1, -0.05) is 54.5 Å². The predicted octanol–water partition coefficient (Wildman–Crippen LogP) is 5.29. The highest BCUT2D eigenvalue weighted by atomic mass is 28.4. The zero-order chi connectivity index (χ0) is 13.5. The van der Waals surface area contributed by atoms with E-state index in [9.17, 15) is 0 Å². The first-order chi connectivity index (χ1) is 7.56. The maximum absolute atomic E-state index is 6.70. The van der Waals surface area contributed by atoms with Crippen LogP contribution in [0.25, 0.3) is 0 Å². The van der Waals surface area contributed by atoms with Crippen LogP contribution in [0.3, 0.4) is 0 Å². The molecular formula is C15H30OSi. The molecule has 0 bridgehead atoms. The van der Waals surface area contributed by atoms with E-state index in [-0.39, 0.29) is 0 Å². The first-order valence-corrected chi connectivity index (χ1v) is 8.83. The smallest absolute Gasteiger partial charge is 0.206 e. The second kappa shape index (κ2) is 4.54. The quantitative estimate of drug-likeness (QED) is 0.481. The van der Waals surface area contributed by atoms with Crippen molar-refractivity contribution in [1.82, 2.24) is 0 Å². The largest absolute Gasteiger partial charge is 0.412 e. The molecule has 0 aromatic rings. The van der Waals surface area contributed by atoms with Crippen molar-refractivity contribution in [1.29, 1.82) is 0 Å². The van der Waals surface area contributed by atoms with E-state index in [0.29, 0.717) is 16.2 Å². The van der Waals surface area contributed by atoms with Crippen molar-refractivity contribution in [2.75, 3.05) is 0 Å². The lowest BCUT2D eigenvalue weighted by molar-refractivity contribution is 0.200. The van der Waals surface area contributed by atoms with E-state index in [1.165, 1.54) is 6.42 Å². The fourth-order valence-corrected chi connectivity index (χ4v) is 11.7. The molecule has 0 amide bonds. The lowest BCUT2D eigenvalue weighted by atomic mass is 10.1. The zero-order valence-electron chi connectivity index (χ0n) is 12.8. The molecule has 0 saturated carbocycles. The van der Waals surface area contributed by atoms with Gasteiger partial charge < -0.3 is 4.43 Å². The van der Waals surface area contributed by atoms with Gasteiger partial charge in [0, 0.05) is 6.10 Å². The van der Waals surface area contributed by atoms with Crippen LogP contribution in [-0.4, -0.2) is 14.4 Å².